The molecule has 2 aromatic rings. The smallest absolute Gasteiger partial charge is 0.311 e. The standard InChI is InChI=1S/C19H20N2O7/c1-12(28-18(22)10-13-4-6-14(26-2)7-5-13)19(23)20-16-9-8-15(27-3)11-17(16)21(24)25/h4-9,11-12H,10H2,1-3H3,(H,20,23). The van der Waals surface area contributed by atoms with E-state index in [1.54, 1.807) is 24.3 Å². The lowest BCUT2D eigenvalue weighted by Gasteiger charge is -2.14. The van der Waals surface area contributed by atoms with E-state index in [2.05, 4.69) is 5.32 Å². The third-order valence-corrected chi connectivity index (χ3v) is 3.84. The van der Waals surface area contributed by atoms with Gasteiger partial charge in [-0.25, -0.2) is 0 Å². The van der Waals surface area contributed by atoms with E-state index in [1.165, 1.54) is 39.3 Å². The first-order chi connectivity index (χ1) is 13.3. The third-order valence-electron chi connectivity index (χ3n) is 3.84. The number of rotatable bonds is 8. The second kappa shape index (κ2) is 9.36. The van der Waals surface area contributed by atoms with Crippen molar-refractivity contribution in [1.29, 1.82) is 0 Å². The molecule has 0 aliphatic heterocycles. The van der Waals surface area contributed by atoms with Crippen molar-refractivity contribution in [2.45, 2.75) is 19.4 Å². The number of methoxy groups -OCH3 is 2. The van der Waals surface area contributed by atoms with Crippen LogP contribution in [0.2, 0.25) is 0 Å². The predicted octanol–water partition coefficient (Wildman–Crippen LogP) is 2.72. The van der Waals surface area contributed by atoms with Crippen LogP contribution >= 0.6 is 0 Å². The molecule has 0 fully saturated rings. The minimum Gasteiger partial charge on any atom is -0.497 e. The van der Waals surface area contributed by atoms with E-state index in [1.807, 2.05) is 0 Å². The van der Waals surface area contributed by atoms with Crippen LogP contribution in [0.3, 0.4) is 0 Å². The number of nitro groups is 1. The van der Waals surface area contributed by atoms with Gasteiger partial charge in [0.25, 0.3) is 11.6 Å². The van der Waals surface area contributed by atoms with Crippen LogP contribution in [0.4, 0.5) is 11.4 Å². The Morgan fingerprint density at radius 3 is 2.25 bits per heavy atom. The van der Waals surface area contributed by atoms with Crippen LogP contribution < -0.4 is 14.8 Å². The molecular weight excluding hydrogens is 368 g/mol. The van der Waals surface area contributed by atoms with E-state index < -0.39 is 22.9 Å². The number of nitro benzene ring substituents is 1. The molecular formula is C19H20N2O7. The van der Waals surface area contributed by atoms with E-state index >= 15 is 0 Å². The van der Waals surface area contributed by atoms with Gasteiger partial charge in [-0.05, 0) is 36.8 Å². The minimum atomic E-state index is -1.13. The molecule has 0 saturated carbocycles. The Morgan fingerprint density at radius 1 is 1.07 bits per heavy atom. The molecule has 0 aromatic heterocycles. The lowest BCUT2D eigenvalue weighted by atomic mass is 10.1. The molecule has 1 unspecified atom stereocenters. The molecule has 2 aromatic carbocycles. The van der Waals surface area contributed by atoms with Crippen molar-refractivity contribution in [2.24, 2.45) is 0 Å². The largest absolute Gasteiger partial charge is 0.497 e. The van der Waals surface area contributed by atoms with Crippen LogP contribution in [-0.4, -0.2) is 37.1 Å². The highest BCUT2D eigenvalue weighted by Crippen LogP contribution is 2.29. The van der Waals surface area contributed by atoms with Crippen LogP contribution in [0.25, 0.3) is 0 Å². The molecule has 148 valence electrons. The first-order valence-corrected chi connectivity index (χ1v) is 8.29. The molecule has 0 radical (unpaired) electrons. The topological polar surface area (TPSA) is 117 Å². The highest BCUT2D eigenvalue weighted by Gasteiger charge is 2.22. The van der Waals surface area contributed by atoms with Crippen molar-refractivity contribution >= 4 is 23.3 Å². The molecule has 2 rings (SSSR count). The van der Waals surface area contributed by atoms with Crippen LogP contribution in [0.1, 0.15) is 12.5 Å². The van der Waals surface area contributed by atoms with Gasteiger partial charge in [0.2, 0.25) is 0 Å². The van der Waals surface area contributed by atoms with E-state index in [-0.39, 0.29) is 23.5 Å². The van der Waals surface area contributed by atoms with Gasteiger partial charge in [-0.1, -0.05) is 12.1 Å². The summed E-state index contributed by atoms with van der Waals surface area (Å²) in [4.78, 5) is 34.8. The van der Waals surface area contributed by atoms with Gasteiger partial charge in [0.15, 0.2) is 6.10 Å². The Bertz CT molecular complexity index is 865. The number of carbonyl (C=O) groups excluding carboxylic acids is 2. The maximum atomic E-state index is 12.3. The molecule has 0 spiro atoms. The molecule has 28 heavy (non-hydrogen) atoms. The van der Waals surface area contributed by atoms with Crippen LogP contribution in [0.15, 0.2) is 42.5 Å². The van der Waals surface area contributed by atoms with E-state index in [0.29, 0.717) is 11.3 Å². The van der Waals surface area contributed by atoms with Gasteiger partial charge >= 0.3 is 5.97 Å². The number of nitrogens with zero attached hydrogens (tertiary/aromatic N) is 1. The lowest BCUT2D eigenvalue weighted by Crippen LogP contribution is -2.30. The van der Waals surface area contributed by atoms with E-state index in [9.17, 15) is 19.7 Å². The van der Waals surface area contributed by atoms with Crippen molar-refractivity contribution in [3.8, 4) is 11.5 Å². The maximum Gasteiger partial charge on any atom is 0.311 e. The number of amides is 1. The van der Waals surface area contributed by atoms with Crippen LogP contribution in [0.5, 0.6) is 11.5 Å². The number of carbonyl (C=O) groups is 2. The number of esters is 1. The first-order valence-electron chi connectivity index (χ1n) is 8.29. The highest BCUT2D eigenvalue weighted by atomic mass is 16.6. The van der Waals surface area contributed by atoms with Gasteiger partial charge < -0.3 is 19.5 Å². The lowest BCUT2D eigenvalue weighted by molar-refractivity contribution is -0.384. The molecule has 0 aliphatic carbocycles. The zero-order valence-electron chi connectivity index (χ0n) is 15.6. The SMILES string of the molecule is COc1ccc(CC(=O)OC(C)C(=O)Nc2ccc(OC)cc2[N+](=O)[O-])cc1. The van der Waals surface area contributed by atoms with E-state index in [0.717, 1.165) is 0 Å². The molecule has 0 bridgehead atoms. The summed E-state index contributed by atoms with van der Waals surface area (Å²) in [5, 5.41) is 13.6. The second-order valence-electron chi connectivity index (χ2n) is 5.79. The summed E-state index contributed by atoms with van der Waals surface area (Å²) in [7, 11) is 2.92. The number of hydrogen-bond donors (Lipinski definition) is 1. The van der Waals surface area contributed by atoms with Gasteiger partial charge in [0.1, 0.15) is 17.2 Å². The Kier molecular flexibility index (Phi) is 6.91. The number of benzene rings is 2. The summed E-state index contributed by atoms with van der Waals surface area (Å²) in [6, 6.07) is 10.9. The second-order valence-corrected chi connectivity index (χ2v) is 5.79. The van der Waals surface area contributed by atoms with Gasteiger partial charge in [-0.3, -0.25) is 19.7 Å². The average Bonchev–Trinajstić information content (AvgIpc) is 2.68. The van der Waals surface area contributed by atoms with Gasteiger partial charge in [0, 0.05) is 0 Å². The molecule has 0 aliphatic rings. The number of hydrogen-bond acceptors (Lipinski definition) is 7. The zero-order chi connectivity index (χ0) is 20.7. The number of nitrogens with one attached hydrogen (secondary N) is 1. The van der Waals surface area contributed by atoms with E-state index in [4.69, 9.17) is 14.2 Å². The summed E-state index contributed by atoms with van der Waals surface area (Å²) >= 11 is 0. The fraction of sp³-hybridized carbons (Fsp3) is 0.263. The van der Waals surface area contributed by atoms with Crippen molar-refractivity contribution in [3.05, 3.63) is 58.1 Å². The summed E-state index contributed by atoms with van der Waals surface area (Å²) in [6.07, 6.45) is -1.16. The number of ether oxygens (including phenoxy) is 3. The highest BCUT2D eigenvalue weighted by molar-refractivity contribution is 5.97. The Morgan fingerprint density at radius 2 is 1.68 bits per heavy atom. The normalized spacial score (nSPS) is 11.2. The molecule has 1 N–H and O–H groups in total. The van der Waals surface area contributed by atoms with Crippen LogP contribution in [-0.2, 0) is 20.7 Å². The van der Waals surface area contributed by atoms with Gasteiger partial charge in [0.05, 0.1) is 31.6 Å². The van der Waals surface area contributed by atoms with Gasteiger partial charge in [-0.2, -0.15) is 0 Å². The Labute approximate surface area is 161 Å². The van der Waals surface area contributed by atoms with Crippen molar-refractivity contribution < 1.29 is 28.7 Å². The quantitative estimate of drug-likeness (QED) is 0.420. The molecule has 0 saturated heterocycles. The summed E-state index contributed by atoms with van der Waals surface area (Å²) in [5.41, 5.74) is 0.350. The fourth-order valence-corrected chi connectivity index (χ4v) is 2.33. The predicted molar refractivity (Wildman–Crippen MR) is 101 cm³/mol. The van der Waals surface area contributed by atoms with Crippen molar-refractivity contribution in [3.63, 3.8) is 0 Å². The molecule has 9 heteroatoms. The Hall–Kier alpha value is -3.62. The summed E-state index contributed by atoms with van der Waals surface area (Å²) in [5.74, 6) is -0.344. The zero-order valence-corrected chi connectivity index (χ0v) is 15.6. The molecule has 0 heterocycles. The Balaban J connectivity index is 1.98. The molecule has 1 amide bonds. The summed E-state index contributed by atoms with van der Waals surface area (Å²) in [6.45, 7) is 1.39. The maximum absolute atomic E-state index is 12.3. The third kappa shape index (κ3) is 5.44. The van der Waals surface area contributed by atoms with Crippen molar-refractivity contribution in [1.82, 2.24) is 0 Å². The van der Waals surface area contributed by atoms with Crippen molar-refractivity contribution in [2.75, 3.05) is 19.5 Å². The monoisotopic (exact) mass is 388 g/mol. The van der Waals surface area contributed by atoms with Crippen LogP contribution in [0, 0.1) is 10.1 Å². The first kappa shape index (κ1) is 20.7. The summed E-state index contributed by atoms with van der Waals surface area (Å²) < 4.78 is 15.1. The average molecular weight is 388 g/mol. The minimum absolute atomic E-state index is 0.0196. The molecule has 1 atom stereocenters. The fourth-order valence-electron chi connectivity index (χ4n) is 2.33. The molecule has 9 nitrogen and oxygen atoms in total. The number of anilines is 1. The van der Waals surface area contributed by atoms with Gasteiger partial charge in [-0.15, -0.1) is 0 Å².